The Morgan fingerprint density at radius 1 is 1.26 bits per heavy atom. The summed E-state index contributed by atoms with van der Waals surface area (Å²) in [6, 6.07) is 9.53. The molecule has 1 N–H and O–H groups in total. The van der Waals surface area contributed by atoms with Crippen LogP contribution in [-0.2, 0) is 16.1 Å². The quantitative estimate of drug-likeness (QED) is 0.572. The van der Waals surface area contributed by atoms with Crippen LogP contribution in [0.25, 0.3) is 0 Å². The van der Waals surface area contributed by atoms with Gasteiger partial charge in [-0.05, 0) is 57.0 Å². The monoisotopic (exact) mass is 386 g/mol. The van der Waals surface area contributed by atoms with Crippen LogP contribution in [0.5, 0.6) is 0 Å². The van der Waals surface area contributed by atoms with Gasteiger partial charge in [-0.25, -0.2) is 0 Å². The van der Waals surface area contributed by atoms with E-state index in [9.17, 15) is 9.59 Å². The first-order valence-electron chi connectivity index (χ1n) is 9.26. The molecule has 1 aromatic heterocycles. The van der Waals surface area contributed by atoms with Crippen LogP contribution in [0.2, 0.25) is 0 Å². The largest absolute Gasteiger partial charge is 0.376 e. The molecule has 1 atom stereocenters. The summed E-state index contributed by atoms with van der Waals surface area (Å²) in [6.45, 7) is 7.21. The van der Waals surface area contributed by atoms with Crippen LogP contribution in [0, 0.1) is 13.8 Å². The number of nitrogens with one attached hydrogen (secondary N) is 1. The number of Topliss-reactive ketones (excluding diaryl/α,β-unsaturated/α-hetero) is 1. The van der Waals surface area contributed by atoms with Gasteiger partial charge in [0.15, 0.2) is 5.78 Å². The van der Waals surface area contributed by atoms with Gasteiger partial charge in [0.1, 0.15) is 0 Å². The van der Waals surface area contributed by atoms with Crippen molar-refractivity contribution in [2.45, 2.75) is 51.2 Å². The first kappa shape index (κ1) is 19.7. The number of hydrogen-bond donors (Lipinski definition) is 1. The fraction of sp³-hybridized carbons (Fsp3) is 0.429. The predicted molar refractivity (Wildman–Crippen MR) is 109 cm³/mol. The van der Waals surface area contributed by atoms with Crippen LogP contribution in [0.15, 0.2) is 35.2 Å². The number of amides is 1. The lowest BCUT2D eigenvalue weighted by atomic mass is 10.2. The lowest BCUT2D eigenvalue weighted by Crippen LogP contribution is -2.17. The Morgan fingerprint density at radius 2 is 2.00 bits per heavy atom. The van der Waals surface area contributed by atoms with Crippen molar-refractivity contribution in [2.24, 2.45) is 0 Å². The van der Waals surface area contributed by atoms with Gasteiger partial charge in [0.25, 0.3) is 0 Å². The van der Waals surface area contributed by atoms with Gasteiger partial charge in [-0.2, -0.15) is 0 Å². The number of aromatic nitrogens is 1. The first-order chi connectivity index (χ1) is 12.9. The Kier molecular flexibility index (Phi) is 6.39. The highest BCUT2D eigenvalue weighted by atomic mass is 32.2. The Hall–Kier alpha value is -2.05. The van der Waals surface area contributed by atoms with Crippen molar-refractivity contribution in [3.05, 3.63) is 47.3 Å². The second kappa shape index (κ2) is 8.76. The average molecular weight is 387 g/mol. The molecule has 1 fully saturated rings. The molecule has 144 valence electrons. The highest BCUT2D eigenvalue weighted by molar-refractivity contribution is 8.00. The van der Waals surface area contributed by atoms with Crippen LogP contribution in [0.4, 0.5) is 5.69 Å². The topological polar surface area (TPSA) is 60.3 Å². The Balaban J connectivity index is 1.61. The number of carbonyl (C=O) groups excluding carboxylic acids is 2. The summed E-state index contributed by atoms with van der Waals surface area (Å²) in [7, 11) is 0. The number of hydrogen-bond acceptors (Lipinski definition) is 4. The Morgan fingerprint density at radius 3 is 2.63 bits per heavy atom. The number of rotatable bonds is 7. The minimum Gasteiger partial charge on any atom is -0.376 e. The minimum atomic E-state index is -0.0936. The Bertz CT molecular complexity index is 821. The summed E-state index contributed by atoms with van der Waals surface area (Å²) in [4.78, 5) is 24.8. The molecule has 2 heterocycles. The molecule has 0 saturated carbocycles. The normalized spacial score (nSPS) is 16.5. The molecular weight excluding hydrogens is 360 g/mol. The summed E-state index contributed by atoms with van der Waals surface area (Å²) >= 11 is 1.51. The molecule has 1 aliphatic rings. The fourth-order valence-electron chi connectivity index (χ4n) is 3.42. The number of nitrogens with zero attached hydrogens (tertiary/aromatic N) is 1. The molecule has 1 unspecified atom stereocenters. The second-order valence-corrected chi connectivity index (χ2v) is 8.00. The SMILES string of the molecule is CC(=O)Nc1ccc(SCC(=O)c2cc(C)n(CC3CCCO3)c2C)cc1. The van der Waals surface area contributed by atoms with Gasteiger partial charge in [-0.1, -0.05) is 0 Å². The summed E-state index contributed by atoms with van der Waals surface area (Å²) in [6.07, 6.45) is 2.46. The van der Waals surface area contributed by atoms with Crippen molar-refractivity contribution in [2.75, 3.05) is 17.7 Å². The van der Waals surface area contributed by atoms with E-state index >= 15 is 0 Å². The number of aryl methyl sites for hydroxylation is 1. The molecule has 1 amide bonds. The summed E-state index contributed by atoms with van der Waals surface area (Å²) in [5.74, 6) is 0.436. The molecule has 0 bridgehead atoms. The third-order valence-electron chi connectivity index (χ3n) is 4.83. The summed E-state index contributed by atoms with van der Waals surface area (Å²) in [5, 5.41) is 2.74. The molecule has 5 nitrogen and oxygen atoms in total. The van der Waals surface area contributed by atoms with Gasteiger partial charge >= 0.3 is 0 Å². The van der Waals surface area contributed by atoms with E-state index in [-0.39, 0.29) is 17.8 Å². The number of benzene rings is 1. The molecule has 1 aromatic carbocycles. The number of ketones is 1. The van der Waals surface area contributed by atoms with E-state index in [1.165, 1.54) is 18.7 Å². The van der Waals surface area contributed by atoms with Gasteiger partial charge in [-0.3, -0.25) is 9.59 Å². The molecule has 3 rings (SSSR count). The zero-order chi connectivity index (χ0) is 19.4. The van der Waals surface area contributed by atoms with E-state index in [1.54, 1.807) is 0 Å². The standard InChI is InChI=1S/C21H26N2O3S/c1-14-11-20(15(2)23(14)12-18-5-4-10-26-18)21(25)13-27-19-8-6-17(7-9-19)22-16(3)24/h6-9,11,18H,4-5,10,12-13H2,1-3H3,(H,22,24). The number of thioether (sulfide) groups is 1. The van der Waals surface area contributed by atoms with Gasteiger partial charge in [0.2, 0.25) is 5.91 Å². The minimum absolute atomic E-state index is 0.0936. The van der Waals surface area contributed by atoms with Crippen molar-refractivity contribution < 1.29 is 14.3 Å². The van der Waals surface area contributed by atoms with E-state index in [0.717, 1.165) is 53.5 Å². The fourth-order valence-corrected chi connectivity index (χ4v) is 4.20. The molecular formula is C21H26N2O3S. The van der Waals surface area contributed by atoms with Gasteiger partial charge < -0.3 is 14.6 Å². The van der Waals surface area contributed by atoms with Crippen LogP contribution in [-0.4, -0.2) is 34.7 Å². The highest BCUT2D eigenvalue weighted by Gasteiger charge is 2.21. The van der Waals surface area contributed by atoms with Crippen molar-refractivity contribution in [1.82, 2.24) is 4.57 Å². The highest BCUT2D eigenvalue weighted by Crippen LogP contribution is 2.24. The van der Waals surface area contributed by atoms with E-state index < -0.39 is 0 Å². The maximum absolute atomic E-state index is 12.7. The van der Waals surface area contributed by atoms with Crippen LogP contribution < -0.4 is 5.32 Å². The molecule has 6 heteroatoms. The van der Waals surface area contributed by atoms with E-state index in [0.29, 0.717) is 5.75 Å². The smallest absolute Gasteiger partial charge is 0.221 e. The maximum atomic E-state index is 12.7. The predicted octanol–water partition coefficient (Wildman–Crippen LogP) is 4.22. The number of anilines is 1. The van der Waals surface area contributed by atoms with Crippen LogP contribution in [0.3, 0.4) is 0 Å². The average Bonchev–Trinajstić information content (AvgIpc) is 3.24. The van der Waals surface area contributed by atoms with Crippen molar-refractivity contribution in [1.29, 1.82) is 0 Å². The molecule has 1 saturated heterocycles. The van der Waals surface area contributed by atoms with Crippen molar-refractivity contribution >= 4 is 29.1 Å². The number of ether oxygens (including phenoxy) is 1. The third-order valence-corrected chi connectivity index (χ3v) is 5.84. The van der Waals surface area contributed by atoms with Crippen molar-refractivity contribution in [3.63, 3.8) is 0 Å². The molecule has 27 heavy (non-hydrogen) atoms. The lowest BCUT2D eigenvalue weighted by Gasteiger charge is -2.14. The number of carbonyl (C=O) groups is 2. The molecule has 2 aromatic rings. The maximum Gasteiger partial charge on any atom is 0.221 e. The van der Waals surface area contributed by atoms with Gasteiger partial charge in [0.05, 0.1) is 11.9 Å². The zero-order valence-electron chi connectivity index (χ0n) is 16.1. The molecule has 0 radical (unpaired) electrons. The van der Waals surface area contributed by atoms with E-state index in [4.69, 9.17) is 4.74 Å². The second-order valence-electron chi connectivity index (χ2n) is 6.95. The summed E-state index contributed by atoms with van der Waals surface area (Å²) in [5.41, 5.74) is 3.69. The van der Waals surface area contributed by atoms with E-state index in [1.807, 2.05) is 44.2 Å². The van der Waals surface area contributed by atoms with Gasteiger partial charge in [-0.15, -0.1) is 11.8 Å². The molecule has 1 aliphatic heterocycles. The Labute approximate surface area is 164 Å². The van der Waals surface area contributed by atoms with E-state index in [2.05, 4.69) is 9.88 Å². The van der Waals surface area contributed by atoms with Crippen LogP contribution in [0.1, 0.15) is 41.5 Å². The zero-order valence-corrected chi connectivity index (χ0v) is 16.9. The molecule has 0 spiro atoms. The molecule has 0 aliphatic carbocycles. The van der Waals surface area contributed by atoms with Crippen molar-refractivity contribution in [3.8, 4) is 0 Å². The lowest BCUT2D eigenvalue weighted by molar-refractivity contribution is -0.114. The first-order valence-corrected chi connectivity index (χ1v) is 10.2. The summed E-state index contributed by atoms with van der Waals surface area (Å²) < 4.78 is 7.94. The van der Waals surface area contributed by atoms with Gasteiger partial charge in [0, 0.05) is 47.6 Å². The third kappa shape index (κ3) is 5.02. The van der Waals surface area contributed by atoms with Crippen LogP contribution >= 0.6 is 11.8 Å².